The SMILES string of the molecule is C=C(C)c1ccccc1.NCc1ccccc1. The minimum atomic E-state index is 0.640. The third kappa shape index (κ3) is 5.14. The zero-order chi connectivity index (χ0) is 12.5. The molecule has 0 aliphatic heterocycles. The van der Waals surface area contributed by atoms with Crippen LogP contribution in [0.3, 0.4) is 0 Å². The fourth-order valence-electron chi connectivity index (χ4n) is 1.34. The molecule has 88 valence electrons. The highest BCUT2D eigenvalue weighted by molar-refractivity contribution is 5.60. The molecule has 0 amide bonds. The molecule has 2 rings (SSSR count). The van der Waals surface area contributed by atoms with Gasteiger partial charge in [0.25, 0.3) is 0 Å². The van der Waals surface area contributed by atoms with E-state index in [-0.39, 0.29) is 0 Å². The lowest BCUT2D eigenvalue weighted by atomic mass is 10.1. The zero-order valence-electron chi connectivity index (χ0n) is 10.3. The van der Waals surface area contributed by atoms with Crippen molar-refractivity contribution in [1.29, 1.82) is 0 Å². The summed E-state index contributed by atoms with van der Waals surface area (Å²) in [4.78, 5) is 0. The summed E-state index contributed by atoms with van der Waals surface area (Å²) in [6.07, 6.45) is 0. The van der Waals surface area contributed by atoms with Gasteiger partial charge in [-0.3, -0.25) is 0 Å². The number of benzene rings is 2. The molecule has 0 fully saturated rings. The molecule has 0 aliphatic carbocycles. The first-order valence-electron chi connectivity index (χ1n) is 5.69. The lowest BCUT2D eigenvalue weighted by molar-refractivity contribution is 1.07. The van der Waals surface area contributed by atoms with Gasteiger partial charge in [-0.2, -0.15) is 0 Å². The Morgan fingerprint density at radius 3 is 1.71 bits per heavy atom. The molecule has 0 spiro atoms. The minimum absolute atomic E-state index is 0.640. The van der Waals surface area contributed by atoms with Gasteiger partial charge in [-0.15, -0.1) is 0 Å². The Kier molecular flexibility index (Phi) is 5.76. The standard InChI is InChI=1S/C9H10.C7H9N/c1-8(2)9-6-4-3-5-7-9;8-6-7-4-2-1-3-5-7/h3-7H,1H2,2H3;1-5H,6,8H2. The topological polar surface area (TPSA) is 26.0 Å². The van der Waals surface area contributed by atoms with E-state index in [1.54, 1.807) is 0 Å². The van der Waals surface area contributed by atoms with Crippen LogP contribution in [0.15, 0.2) is 67.2 Å². The Bertz CT molecular complexity index is 432. The molecule has 0 unspecified atom stereocenters. The fourth-order valence-corrected chi connectivity index (χ4v) is 1.34. The summed E-state index contributed by atoms with van der Waals surface area (Å²) >= 11 is 0. The highest BCUT2D eigenvalue weighted by Gasteiger charge is 1.86. The fraction of sp³-hybridized carbons (Fsp3) is 0.125. The highest BCUT2D eigenvalue weighted by Crippen LogP contribution is 2.08. The molecule has 0 saturated carbocycles. The predicted molar refractivity (Wildman–Crippen MR) is 75.5 cm³/mol. The molecule has 0 radical (unpaired) electrons. The molecule has 2 N–H and O–H groups in total. The summed E-state index contributed by atoms with van der Waals surface area (Å²) in [6, 6.07) is 20.1. The Labute approximate surface area is 104 Å². The molecule has 0 heterocycles. The van der Waals surface area contributed by atoms with E-state index in [9.17, 15) is 0 Å². The van der Waals surface area contributed by atoms with Crippen LogP contribution in [0, 0.1) is 0 Å². The number of allylic oxidation sites excluding steroid dienone is 1. The minimum Gasteiger partial charge on any atom is -0.326 e. The van der Waals surface area contributed by atoms with Crippen molar-refractivity contribution in [3.63, 3.8) is 0 Å². The van der Waals surface area contributed by atoms with Gasteiger partial charge in [-0.25, -0.2) is 0 Å². The van der Waals surface area contributed by atoms with Crippen molar-refractivity contribution in [2.45, 2.75) is 13.5 Å². The molecule has 2 aromatic rings. The Morgan fingerprint density at radius 2 is 1.41 bits per heavy atom. The van der Waals surface area contributed by atoms with E-state index in [1.807, 2.05) is 55.5 Å². The monoisotopic (exact) mass is 225 g/mol. The summed E-state index contributed by atoms with van der Waals surface area (Å²) in [5, 5.41) is 0. The zero-order valence-corrected chi connectivity index (χ0v) is 10.3. The van der Waals surface area contributed by atoms with Gasteiger partial charge < -0.3 is 5.73 Å². The van der Waals surface area contributed by atoms with Gasteiger partial charge in [0.2, 0.25) is 0 Å². The van der Waals surface area contributed by atoms with Gasteiger partial charge in [0, 0.05) is 6.54 Å². The molecule has 0 atom stereocenters. The molecule has 0 bridgehead atoms. The number of nitrogens with two attached hydrogens (primary N) is 1. The van der Waals surface area contributed by atoms with Crippen molar-refractivity contribution in [2.24, 2.45) is 5.73 Å². The Hall–Kier alpha value is -1.86. The normalized spacial score (nSPS) is 9.06. The van der Waals surface area contributed by atoms with Crippen LogP contribution in [-0.4, -0.2) is 0 Å². The van der Waals surface area contributed by atoms with E-state index in [4.69, 9.17) is 5.73 Å². The number of hydrogen-bond donors (Lipinski definition) is 1. The van der Waals surface area contributed by atoms with E-state index >= 15 is 0 Å². The van der Waals surface area contributed by atoms with Gasteiger partial charge in [0.1, 0.15) is 0 Å². The molecule has 2 aromatic carbocycles. The van der Waals surface area contributed by atoms with E-state index < -0.39 is 0 Å². The van der Waals surface area contributed by atoms with Crippen molar-refractivity contribution >= 4 is 5.57 Å². The smallest absolute Gasteiger partial charge is 0.0178 e. The van der Waals surface area contributed by atoms with Crippen LogP contribution in [0.1, 0.15) is 18.1 Å². The van der Waals surface area contributed by atoms with E-state index in [0.717, 1.165) is 5.57 Å². The summed E-state index contributed by atoms with van der Waals surface area (Å²) in [6.45, 7) is 6.47. The van der Waals surface area contributed by atoms with Gasteiger partial charge in [0.15, 0.2) is 0 Å². The van der Waals surface area contributed by atoms with Crippen molar-refractivity contribution in [3.05, 3.63) is 78.4 Å². The van der Waals surface area contributed by atoms with Crippen LogP contribution in [0.2, 0.25) is 0 Å². The Balaban J connectivity index is 0.000000171. The van der Waals surface area contributed by atoms with Gasteiger partial charge >= 0.3 is 0 Å². The van der Waals surface area contributed by atoms with E-state index in [0.29, 0.717) is 6.54 Å². The van der Waals surface area contributed by atoms with E-state index in [1.165, 1.54) is 11.1 Å². The van der Waals surface area contributed by atoms with Crippen molar-refractivity contribution in [3.8, 4) is 0 Å². The second kappa shape index (κ2) is 7.42. The third-order valence-electron chi connectivity index (χ3n) is 2.35. The van der Waals surface area contributed by atoms with Crippen LogP contribution in [0.5, 0.6) is 0 Å². The summed E-state index contributed by atoms with van der Waals surface area (Å²) < 4.78 is 0. The lowest BCUT2D eigenvalue weighted by Gasteiger charge is -1.94. The molecule has 0 aromatic heterocycles. The van der Waals surface area contributed by atoms with Gasteiger partial charge in [-0.05, 0) is 18.1 Å². The Morgan fingerprint density at radius 1 is 0.941 bits per heavy atom. The van der Waals surface area contributed by atoms with Crippen LogP contribution in [-0.2, 0) is 6.54 Å². The second-order valence-electron chi connectivity index (χ2n) is 3.84. The molecular weight excluding hydrogens is 206 g/mol. The van der Waals surface area contributed by atoms with Crippen molar-refractivity contribution in [2.75, 3.05) is 0 Å². The largest absolute Gasteiger partial charge is 0.326 e. The van der Waals surface area contributed by atoms with Crippen molar-refractivity contribution in [1.82, 2.24) is 0 Å². The summed E-state index contributed by atoms with van der Waals surface area (Å²) in [5.74, 6) is 0. The first-order chi connectivity index (χ1) is 8.24. The molecular formula is C16H19N. The molecule has 17 heavy (non-hydrogen) atoms. The second-order valence-corrected chi connectivity index (χ2v) is 3.84. The van der Waals surface area contributed by atoms with Crippen LogP contribution < -0.4 is 5.73 Å². The molecule has 1 nitrogen and oxygen atoms in total. The van der Waals surface area contributed by atoms with Crippen LogP contribution in [0.4, 0.5) is 0 Å². The average Bonchev–Trinajstić information content (AvgIpc) is 2.41. The summed E-state index contributed by atoms with van der Waals surface area (Å²) in [5.41, 5.74) is 8.88. The highest BCUT2D eigenvalue weighted by atomic mass is 14.5. The quantitative estimate of drug-likeness (QED) is 0.825. The van der Waals surface area contributed by atoms with Crippen LogP contribution in [0.25, 0.3) is 5.57 Å². The first-order valence-corrected chi connectivity index (χ1v) is 5.69. The number of hydrogen-bond acceptors (Lipinski definition) is 1. The lowest BCUT2D eigenvalue weighted by Crippen LogP contribution is -1.94. The molecule has 1 heteroatoms. The van der Waals surface area contributed by atoms with E-state index in [2.05, 4.69) is 18.7 Å². The number of rotatable bonds is 2. The maximum absolute atomic E-state index is 5.35. The maximum atomic E-state index is 5.35. The maximum Gasteiger partial charge on any atom is 0.0178 e. The van der Waals surface area contributed by atoms with Gasteiger partial charge in [0.05, 0.1) is 0 Å². The molecule has 0 saturated heterocycles. The van der Waals surface area contributed by atoms with Gasteiger partial charge in [-0.1, -0.05) is 72.8 Å². The first kappa shape index (κ1) is 13.2. The predicted octanol–water partition coefficient (Wildman–Crippen LogP) is 3.87. The average molecular weight is 225 g/mol. The summed E-state index contributed by atoms with van der Waals surface area (Å²) in [7, 11) is 0. The van der Waals surface area contributed by atoms with Crippen molar-refractivity contribution < 1.29 is 0 Å². The van der Waals surface area contributed by atoms with Crippen LogP contribution >= 0.6 is 0 Å². The molecule has 0 aliphatic rings. The third-order valence-corrected chi connectivity index (χ3v) is 2.35.